The molecule has 1 saturated heterocycles. The number of halogens is 1. The summed E-state index contributed by atoms with van der Waals surface area (Å²) in [7, 11) is -1.23. The molecule has 1 aromatic carbocycles. The summed E-state index contributed by atoms with van der Waals surface area (Å²) in [6, 6.07) is 5.12. The minimum absolute atomic E-state index is 0.141. The van der Waals surface area contributed by atoms with Gasteiger partial charge in [-0.1, -0.05) is 0 Å². The largest absolute Gasteiger partial charge is 0.494 e. The van der Waals surface area contributed by atoms with Gasteiger partial charge in [-0.3, -0.25) is 0 Å². The molecule has 1 fully saturated rings. The highest BCUT2D eigenvalue weighted by atomic mass is 19.1. The van der Waals surface area contributed by atoms with E-state index < -0.39 is 12.9 Å². The number of fused-ring (bicyclic) bond motifs is 1. The Morgan fingerprint density at radius 1 is 1.43 bits per heavy atom. The van der Waals surface area contributed by atoms with E-state index in [9.17, 15) is 14.7 Å². The first-order valence-corrected chi connectivity index (χ1v) is 9.01. The highest BCUT2D eigenvalue weighted by Gasteiger charge is 2.31. The molecule has 4 rings (SSSR count). The molecule has 0 radical (unpaired) electrons. The second kappa shape index (κ2) is 7.71. The van der Waals surface area contributed by atoms with Crippen LogP contribution < -0.4 is 16.1 Å². The second-order valence-corrected chi connectivity index (χ2v) is 6.89. The zero-order chi connectivity index (χ0) is 19.7. The first-order chi connectivity index (χ1) is 13.5. The fourth-order valence-corrected chi connectivity index (χ4v) is 3.38. The Hall–Kier alpha value is -2.74. The molecule has 8 nitrogen and oxygen atoms in total. The van der Waals surface area contributed by atoms with Crippen molar-refractivity contribution in [3.63, 3.8) is 0 Å². The molecule has 0 saturated carbocycles. The molecule has 28 heavy (non-hydrogen) atoms. The summed E-state index contributed by atoms with van der Waals surface area (Å²) < 4.78 is 24.8. The SMILES string of the molecule is Cc1cnc(Nc2cc(F)c3c(c2)COB3O)nc1N[C@H]1COCC[C@@H]1C#N. The van der Waals surface area contributed by atoms with E-state index in [2.05, 4.69) is 26.7 Å². The molecule has 0 bridgehead atoms. The van der Waals surface area contributed by atoms with Crippen molar-refractivity contribution in [2.24, 2.45) is 5.92 Å². The molecule has 3 N–H and O–H groups in total. The summed E-state index contributed by atoms with van der Waals surface area (Å²) in [6.07, 6.45) is 2.32. The molecular weight excluding hydrogens is 364 g/mol. The number of aromatic nitrogens is 2. The van der Waals surface area contributed by atoms with Crippen molar-refractivity contribution in [1.82, 2.24) is 9.97 Å². The van der Waals surface area contributed by atoms with Crippen molar-refractivity contribution in [3.8, 4) is 6.07 Å². The van der Waals surface area contributed by atoms with Crippen molar-refractivity contribution >= 4 is 30.0 Å². The van der Waals surface area contributed by atoms with E-state index in [0.717, 1.165) is 5.56 Å². The number of hydrogen-bond acceptors (Lipinski definition) is 8. The Balaban J connectivity index is 1.55. The van der Waals surface area contributed by atoms with E-state index in [4.69, 9.17) is 9.39 Å². The monoisotopic (exact) mass is 383 g/mol. The minimum Gasteiger partial charge on any atom is -0.423 e. The highest BCUT2D eigenvalue weighted by Crippen LogP contribution is 2.24. The van der Waals surface area contributed by atoms with Crippen molar-refractivity contribution in [1.29, 1.82) is 5.26 Å². The average molecular weight is 383 g/mol. The Morgan fingerprint density at radius 3 is 3.11 bits per heavy atom. The van der Waals surface area contributed by atoms with Gasteiger partial charge in [0, 0.05) is 29.5 Å². The number of aryl methyl sites for hydroxylation is 1. The van der Waals surface area contributed by atoms with Gasteiger partial charge in [0.05, 0.1) is 31.2 Å². The maximum Gasteiger partial charge on any atom is 0.494 e. The molecule has 2 aliphatic heterocycles. The molecular formula is C18H19BFN5O3. The van der Waals surface area contributed by atoms with Gasteiger partial charge >= 0.3 is 7.12 Å². The third-order valence-electron chi connectivity index (χ3n) is 4.93. The van der Waals surface area contributed by atoms with E-state index in [0.29, 0.717) is 36.7 Å². The predicted octanol–water partition coefficient (Wildman–Crippen LogP) is 1.23. The van der Waals surface area contributed by atoms with E-state index in [1.165, 1.54) is 6.07 Å². The predicted molar refractivity (Wildman–Crippen MR) is 101 cm³/mol. The lowest BCUT2D eigenvalue weighted by atomic mass is 9.79. The number of benzene rings is 1. The maximum atomic E-state index is 14.3. The van der Waals surface area contributed by atoms with Crippen molar-refractivity contribution in [2.75, 3.05) is 23.8 Å². The fourth-order valence-electron chi connectivity index (χ4n) is 3.38. The van der Waals surface area contributed by atoms with E-state index in [1.807, 2.05) is 6.92 Å². The van der Waals surface area contributed by atoms with Gasteiger partial charge in [-0.25, -0.2) is 9.37 Å². The smallest absolute Gasteiger partial charge is 0.423 e. The summed E-state index contributed by atoms with van der Waals surface area (Å²) in [6.45, 7) is 3.02. The lowest BCUT2D eigenvalue weighted by molar-refractivity contribution is 0.0698. The Morgan fingerprint density at radius 2 is 2.29 bits per heavy atom. The van der Waals surface area contributed by atoms with Crippen LogP contribution in [0, 0.1) is 30.0 Å². The van der Waals surface area contributed by atoms with Crippen LogP contribution >= 0.6 is 0 Å². The normalized spacial score (nSPS) is 21.1. The van der Waals surface area contributed by atoms with Crippen LogP contribution in [0.1, 0.15) is 17.5 Å². The van der Waals surface area contributed by atoms with Crippen molar-refractivity contribution < 1.29 is 18.8 Å². The number of ether oxygens (including phenoxy) is 1. The molecule has 0 aliphatic carbocycles. The van der Waals surface area contributed by atoms with Crippen molar-refractivity contribution in [3.05, 3.63) is 35.3 Å². The lowest BCUT2D eigenvalue weighted by Crippen LogP contribution is -2.38. The van der Waals surface area contributed by atoms with Crippen LogP contribution in [0.2, 0.25) is 0 Å². The maximum absolute atomic E-state index is 14.3. The Labute approximate surface area is 161 Å². The number of nitriles is 1. The summed E-state index contributed by atoms with van der Waals surface area (Å²) in [5, 5.41) is 25.2. The zero-order valence-electron chi connectivity index (χ0n) is 15.3. The zero-order valence-corrected chi connectivity index (χ0v) is 15.3. The van der Waals surface area contributed by atoms with Gasteiger partial charge in [0.1, 0.15) is 11.6 Å². The first kappa shape index (κ1) is 18.6. The number of anilines is 3. The van der Waals surface area contributed by atoms with Gasteiger partial charge in [-0.05, 0) is 31.0 Å². The molecule has 2 aromatic rings. The van der Waals surface area contributed by atoms with E-state index in [-0.39, 0.29) is 30.0 Å². The van der Waals surface area contributed by atoms with Gasteiger partial charge in [0.15, 0.2) is 0 Å². The molecule has 2 aliphatic rings. The number of nitrogens with zero attached hydrogens (tertiary/aromatic N) is 3. The molecule has 2 atom stereocenters. The average Bonchev–Trinajstić information content (AvgIpc) is 3.06. The van der Waals surface area contributed by atoms with Crippen LogP contribution in [0.25, 0.3) is 0 Å². The molecule has 1 aromatic heterocycles. The number of rotatable bonds is 4. The fraction of sp³-hybridized carbons (Fsp3) is 0.389. The topological polar surface area (TPSA) is 112 Å². The molecule has 144 valence electrons. The van der Waals surface area contributed by atoms with Gasteiger partial charge in [-0.2, -0.15) is 10.2 Å². The quantitative estimate of drug-likeness (QED) is 0.676. The molecule has 3 heterocycles. The summed E-state index contributed by atoms with van der Waals surface area (Å²) in [5.74, 6) is 0.175. The van der Waals surface area contributed by atoms with Crippen molar-refractivity contribution in [2.45, 2.75) is 26.0 Å². The van der Waals surface area contributed by atoms with Crippen LogP contribution in [-0.2, 0) is 16.0 Å². The minimum atomic E-state index is -1.23. The summed E-state index contributed by atoms with van der Waals surface area (Å²) in [4.78, 5) is 8.71. The van der Waals surface area contributed by atoms with Crippen LogP contribution in [0.5, 0.6) is 0 Å². The standard InChI is InChI=1S/C18H19BFN5O3/c1-10-7-22-18(25-17(10)24-15-9-27-3-2-11(15)6-21)23-13-4-12-8-28-19(26)16(12)14(20)5-13/h4-5,7,11,15,26H,2-3,8-9H2,1H3,(H2,22,23,24,25)/t11-,15+/m1/s1. The summed E-state index contributed by atoms with van der Waals surface area (Å²) in [5.41, 5.74) is 2.03. The third kappa shape index (κ3) is 3.64. The van der Waals surface area contributed by atoms with Gasteiger partial charge in [0.25, 0.3) is 0 Å². The molecule has 0 amide bonds. The van der Waals surface area contributed by atoms with E-state index >= 15 is 0 Å². The molecule has 10 heteroatoms. The second-order valence-electron chi connectivity index (χ2n) is 6.89. The number of hydrogen-bond donors (Lipinski definition) is 3. The molecule has 0 unspecified atom stereocenters. The summed E-state index contributed by atoms with van der Waals surface area (Å²) >= 11 is 0. The van der Waals surface area contributed by atoms with Gasteiger partial charge in [-0.15, -0.1) is 0 Å². The van der Waals surface area contributed by atoms with Crippen LogP contribution in [-0.4, -0.2) is 41.4 Å². The lowest BCUT2D eigenvalue weighted by Gasteiger charge is -2.28. The van der Waals surface area contributed by atoms with Gasteiger partial charge in [0.2, 0.25) is 5.95 Å². The Bertz CT molecular complexity index is 938. The Kier molecular flexibility index (Phi) is 5.13. The highest BCUT2D eigenvalue weighted by molar-refractivity contribution is 6.61. The van der Waals surface area contributed by atoms with E-state index in [1.54, 1.807) is 12.3 Å². The first-order valence-electron chi connectivity index (χ1n) is 9.01. The van der Waals surface area contributed by atoms with Gasteiger partial charge < -0.3 is 25.0 Å². The van der Waals surface area contributed by atoms with Crippen LogP contribution in [0.3, 0.4) is 0 Å². The molecule has 0 spiro atoms. The third-order valence-corrected chi connectivity index (χ3v) is 4.93. The number of nitrogens with one attached hydrogen (secondary N) is 2. The van der Waals surface area contributed by atoms with Crippen LogP contribution in [0.15, 0.2) is 18.3 Å². The van der Waals surface area contributed by atoms with Crippen LogP contribution in [0.4, 0.5) is 21.8 Å².